The van der Waals surface area contributed by atoms with Crippen molar-refractivity contribution < 1.29 is 9.53 Å². The van der Waals surface area contributed by atoms with Crippen LogP contribution in [0.1, 0.15) is 30.9 Å². The fraction of sp³-hybridized carbons (Fsp3) is 0.318. The highest BCUT2D eigenvalue weighted by Gasteiger charge is 2.29. The summed E-state index contributed by atoms with van der Waals surface area (Å²) in [6.07, 6.45) is 4.70. The van der Waals surface area contributed by atoms with Crippen LogP contribution in [0.4, 0.5) is 0 Å². The highest BCUT2D eigenvalue weighted by Crippen LogP contribution is 2.33. The molecule has 0 bridgehead atoms. The number of likely N-dealkylation sites (tertiary alicyclic amines) is 1. The summed E-state index contributed by atoms with van der Waals surface area (Å²) in [6, 6.07) is 18.7. The Morgan fingerprint density at radius 3 is 2.73 bits per heavy atom. The van der Waals surface area contributed by atoms with Crippen molar-refractivity contribution in [3.63, 3.8) is 0 Å². The molecule has 1 aromatic heterocycles. The van der Waals surface area contributed by atoms with E-state index in [-0.39, 0.29) is 11.9 Å². The Morgan fingerprint density at radius 1 is 1.12 bits per heavy atom. The summed E-state index contributed by atoms with van der Waals surface area (Å²) in [5.74, 6) is 1.09. The Morgan fingerprint density at radius 2 is 1.92 bits per heavy atom. The van der Waals surface area contributed by atoms with Crippen LogP contribution in [0.25, 0.3) is 10.9 Å². The van der Waals surface area contributed by atoms with Crippen LogP contribution in [0, 0.1) is 0 Å². The Hall–Kier alpha value is -2.75. The Kier molecular flexibility index (Phi) is 4.65. The van der Waals surface area contributed by atoms with Crippen molar-refractivity contribution in [3.8, 4) is 5.75 Å². The quantitative estimate of drug-likeness (QED) is 0.685. The van der Waals surface area contributed by atoms with Crippen molar-refractivity contribution >= 4 is 16.8 Å². The first-order valence-corrected chi connectivity index (χ1v) is 9.23. The van der Waals surface area contributed by atoms with E-state index in [9.17, 15) is 4.79 Å². The van der Waals surface area contributed by atoms with E-state index in [1.54, 1.807) is 7.11 Å². The number of ether oxygens (including phenoxy) is 1. The standard InChI is InChI=1S/C22H24N2O2/c1-26-19-10-8-18(9-11-19)21-7-4-14-24(21)22(25)13-16-23-15-12-17-5-2-3-6-20(17)23/h2-3,5-6,8-12,15,21H,4,7,13-14,16H2,1H3. The molecule has 1 aliphatic rings. The van der Waals surface area contributed by atoms with Crippen molar-refractivity contribution in [1.82, 2.24) is 9.47 Å². The molecule has 134 valence electrons. The van der Waals surface area contributed by atoms with Crippen molar-refractivity contribution in [2.24, 2.45) is 0 Å². The summed E-state index contributed by atoms with van der Waals surface area (Å²) < 4.78 is 7.41. The van der Waals surface area contributed by atoms with Gasteiger partial charge >= 0.3 is 0 Å². The van der Waals surface area contributed by atoms with Crippen molar-refractivity contribution in [3.05, 3.63) is 66.4 Å². The van der Waals surface area contributed by atoms with Crippen LogP contribution in [-0.4, -0.2) is 29.0 Å². The lowest BCUT2D eigenvalue weighted by Crippen LogP contribution is -2.31. The first-order valence-electron chi connectivity index (χ1n) is 9.23. The van der Waals surface area contributed by atoms with Gasteiger partial charge in [-0.25, -0.2) is 0 Å². The molecule has 4 heteroatoms. The smallest absolute Gasteiger partial charge is 0.224 e. The summed E-state index contributed by atoms with van der Waals surface area (Å²) in [5.41, 5.74) is 2.39. The lowest BCUT2D eigenvalue weighted by Gasteiger charge is -2.25. The normalized spacial score (nSPS) is 17.0. The zero-order valence-electron chi connectivity index (χ0n) is 15.1. The van der Waals surface area contributed by atoms with Gasteiger partial charge in [-0.2, -0.15) is 0 Å². The van der Waals surface area contributed by atoms with Crippen molar-refractivity contribution in [2.45, 2.75) is 31.8 Å². The van der Waals surface area contributed by atoms with Gasteiger partial charge in [0.05, 0.1) is 13.2 Å². The van der Waals surface area contributed by atoms with Gasteiger partial charge in [0, 0.05) is 31.2 Å². The Labute approximate surface area is 154 Å². The molecule has 1 fully saturated rings. The number of hydrogen-bond acceptors (Lipinski definition) is 2. The predicted octanol–water partition coefficient (Wildman–Crippen LogP) is 4.40. The molecule has 1 amide bonds. The van der Waals surface area contributed by atoms with E-state index in [1.807, 2.05) is 29.2 Å². The summed E-state index contributed by atoms with van der Waals surface area (Å²) in [5, 5.41) is 1.22. The molecule has 0 spiro atoms. The second-order valence-corrected chi connectivity index (χ2v) is 6.84. The average Bonchev–Trinajstić information content (AvgIpc) is 3.33. The summed E-state index contributed by atoms with van der Waals surface area (Å²) >= 11 is 0. The molecule has 2 aromatic carbocycles. The SMILES string of the molecule is COc1ccc(C2CCCN2C(=O)CCn2ccc3ccccc32)cc1. The predicted molar refractivity (Wildman–Crippen MR) is 103 cm³/mol. The third kappa shape index (κ3) is 3.19. The number of para-hydroxylation sites is 1. The van der Waals surface area contributed by atoms with E-state index in [2.05, 4.69) is 41.1 Å². The van der Waals surface area contributed by atoms with E-state index in [0.29, 0.717) is 6.42 Å². The number of benzene rings is 2. The highest BCUT2D eigenvalue weighted by molar-refractivity contribution is 5.81. The van der Waals surface area contributed by atoms with Gasteiger partial charge in [0.2, 0.25) is 5.91 Å². The van der Waals surface area contributed by atoms with Gasteiger partial charge in [0.15, 0.2) is 0 Å². The van der Waals surface area contributed by atoms with Crippen LogP contribution >= 0.6 is 0 Å². The minimum Gasteiger partial charge on any atom is -0.497 e. The van der Waals surface area contributed by atoms with E-state index in [1.165, 1.54) is 16.5 Å². The monoisotopic (exact) mass is 348 g/mol. The largest absolute Gasteiger partial charge is 0.497 e. The van der Waals surface area contributed by atoms with E-state index < -0.39 is 0 Å². The molecule has 1 atom stereocenters. The van der Waals surface area contributed by atoms with Gasteiger partial charge in [0.25, 0.3) is 0 Å². The van der Waals surface area contributed by atoms with E-state index in [4.69, 9.17) is 4.74 Å². The maximum atomic E-state index is 12.9. The fourth-order valence-electron chi connectivity index (χ4n) is 3.93. The summed E-state index contributed by atoms with van der Waals surface area (Å²) in [6.45, 7) is 1.57. The number of aromatic nitrogens is 1. The molecule has 4 rings (SSSR count). The topological polar surface area (TPSA) is 34.5 Å². The average molecular weight is 348 g/mol. The molecular weight excluding hydrogens is 324 g/mol. The minimum atomic E-state index is 0.190. The van der Waals surface area contributed by atoms with Gasteiger partial charge in [-0.05, 0) is 48.1 Å². The molecular formula is C22H24N2O2. The second kappa shape index (κ2) is 7.24. The van der Waals surface area contributed by atoms with Crippen LogP contribution in [0.5, 0.6) is 5.75 Å². The van der Waals surface area contributed by atoms with Crippen LogP contribution in [-0.2, 0) is 11.3 Å². The molecule has 0 saturated carbocycles. The zero-order chi connectivity index (χ0) is 17.9. The molecule has 0 aliphatic carbocycles. The molecule has 0 radical (unpaired) electrons. The summed E-state index contributed by atoms with van der Waals surface area (Å²) in [4.78, 5) is 14.9. The third-order valence-electron chi connectivity index (χ3n) is 5.32. The number of aryl methyl sites for hydroxylation is 1. The first-order chi connectivity index (χ1) is 12.8. The molecule has 1 aliphatic heterocycles. The lowest BCUT2D eigenvalue weighted by atomic mass is 10.0. The van der Waals surface area contributed by atoms with Crippen LogP contribution < -0.4 is 4.74 Å². The van der Waals surface area contributed by atoms with Crippen LogP contribution in [0.15, 0.2) is 60.8 Å². The molecule has 1 saturated heterocycles. The van der Waals surface area contributed by atoms with Crippen LogP contribution in [0.2, 0.25) is 0 Å². The molecule has 26 heavy (non-hydrogen) atoms. The Bertz CT molecular complexity index is 898. The zero-order valence-corrected chi connectivity index (χ0v) is 15.1. The molecule has 0 N–H and O–H groups in total. The maximum absolute atomic E-state index is 12.9. The van der Waals surface area contributed by atoms with Crippen molar-refractivity contribution in [2.75, 3.05) is 13.7 Å². The molecule has 2 heterocycles. The Balaban J connectivity index is 1.44. The van der Waals surface area contributed by atoms with Gasteiger partial charge < -0.3 is 14.2 Å². The minimum absolute atomic E-state index is 0.190. The number of methoxy groups -OCH3 is 1. The third-order valence-corrected chi connectivity index (χ3v) is 5.32. The van der Waals surface area contributed by atoms with Gasteiger partial charge in [-0.15, -0.1) is 0 Å². The van der Waals surface area contributed by atoms with Gasteiger partial charge in [-0.3, -0.25) is 4.79 Å². The van der Waals surface area contributed by atoms with Crippen LogP contribution in [0.3, 0.4) is 0 Å². The summed E-state index contributed by atoms with van der Waals surface area (Å²) in [7, 11) is 1.67. The first kappa shape index (κ1) is 16.7. The van der Waals surface area contributed by atoms with Crippen molar-refractivity contribution in [1.29, 1.82) is 0 Å². The number of rotatable bonds is 5. The van der Waals surface area contributed by atoms with E-state index >= 15 is 0 Å². The molecule has 1 unspecified atom stereocenters. The molecule has 4 nitrogen and oxygen atoms in total. The number of carbonyl (C=O) groups excluding carboxylic acids is 1. The number of nitrogens with zero attached hydrogens (tertiary/aromatic N) is 2. The van der Waals surface area contributed by atoms with Gasteiger partial charge in [-0.1, -0.05) is 30.3 Å². The number of carbonyl (C=O) groups is 1. The fourth-order valence-corrected chi connectivity index (χ4v) is 3.93. The van der Waals surface area contributed by atoms with Gasteiger partial charge in [0.1, 0.15) is 5.75 Å². The number of hydrogen-bond donors (Lipinski definition) is 0. The maximum Gasteiger partial charge on any atom is 0.224 e. The number of fused-ring (bicyclic) bond motifs is 1. The van der Waals surface area contributed by atoms with E-state index in [0.717, 1.165) is 31.7 Å². The number of amides is 1. The second-order valence-electron chi connectivity index (χ2n) is 6.84. The molecule has 3 aromatic rings. The highest BCUT2D eigenvalue weighted by atomic mass is 16.5. The lowest BCUT2D eigenvalue weighted by molar-refractivity contribution is -0.132.